The molecule has 202 valence electrons. The number of esters is 1. The molecule has 3 heterocycles. The van der Waals surface area contributed by atoms with Gasteiger partial charge >= 0.3 is 5.97 Å². The molecular weight excluding hydrogens is 502 g/mol. The van der Waals surface area contributed by atoms with Crippen LogP contribution < -0.4 is 14.2 Å². The van der Waals surface area contributed by atoms with Gasteiger partial charge in [0.05, 0.1) is 34.5 Å². The van der Waals surface area contributed by atoms with Gasteiger partial charge in [0.1, 0.15) is 29.4 Å². The maximum atomic E-state index is 13.4. The van der Waals surface area contributed by atoms with E-state index < -0.39 is 30.1 Å². The van der Waals surface area contributed by atoms with E-state index in [0.29, 0.717) is 41.4 Å². The van der Waals surface area contributed by atoms with E-state index in [-0.39, 0.29) is 22.8 Å². The van der Waals surface area contributed by atoms with Gasteiger partial charge in [-0.3, -0.25) is 4.90 Å². The first kappa shape index (κ1) is 25.0. The Kier molecular flexibility index (Phi) is 5.88. The normalized spacial score (nSPS) is 25.1. The number of phenolic OH excluding ortho intramolecular Hbond substituents is 1. The molecule has 0 aromatic heterocycles. The van der Waals surface area contributed by atoms with Crippen molar-refractivity contribution in [1.29, 1.82) is 0 Å². The van der Waals surface area contributed by atoms with Crippen LogP contribution in [0.25, 0.3) is 11.1 Å². The van der Waals surface area contributed by atoms with Crippen LogP contribution in [-0.4, -0.2) is 70.2 Å². The molecule has 9 nitrogen and oxygen atoms in total. The number of hydrogen-bond donors (Lipinski definition) is 1. The molecule has 1 aliphatic carbocycles. The molecule has 1 N–H and O–H groups in total. The molecule has 0 saturated heterocycles. The smallest absolute Gasteiger partial charge is 0.342 e. The highest BCUT2D eigenvalue weighted by molar-refractivity contribution is 5.98. The van der Waals surface area contributed by atoms with Crippen LogP contribution in [0.4, 0.5) is 0 Å². The second-order valence-corrected chi connectivity index (χ2v) is 9.83. The molecular formula is C30H29NO8. The molecule has 0 spiro atoms. The number of carbonyl (C=O) groups excluding carboxylic acids is 1. The molecule has 2 aromatic rings. The van der Waals surface area contributed by atoms with Gasteiger partial charge in [0.25, 0.3) is 0 Å². The van der Waals surface area contributed by atoms with Crippen molar-refractivity contribution in [3.63, 3.8) is 0 Å². The number of likely N-dealkylation sites (N-methyl/N-ethyl adjacent to an activating group) is 1. The predicted molar refractivity (Wildman–Crippen MR) is 140 cm³/mol. The number of terminal acetylenes is 1. The number of nitrogens with zero attached hydrogens (tertiary/aromatic N) is 1. The van der Waals surface area contributed by atoms with Gasteiger partial charge in [-0.2, -0.15) is 0 Å². The van der Waals surface area contributed by atoms with Crippen molar-refractivity contribution in [2.45, 2.75) is 24.7 Å². The molecule has 39 heavy (non-hydrogen) atoms. The Morgan fingerprint density at radius 3 is 2.54 bits per heavy atom. The number of hydrogen-bond acceptors (Lipinski definition) is 9. The average Bonchev–Trinajstić information content (AvgIpc) is 3.21. The van der Waals surface area contributed by atoms with Crippen molar-refractivity contribution in [2.24, 2.45) is 5.92 Å². The highest BCUT2D eigenvalue weighted by Gasteiger charge is 2.57. The monoisotopic (exact) mass is 531 g/mol. The number of fused-ring (bicyclic) bond motifs is 1. The van der Waals surface area contributed by atoms with Gasteiger partial charge in [-0.25, -0.2) is 4.79 Å². The van der Waals surface area contributed by atoms with Crippen molar-refractivity contribution in [2.75, 3.05) is 42.0 Å². The number of phenols is 1. The molecule has 0 amide bonds. The number of methoxy groups -OCH3 is 4. The van der Waals surface area contributed by atoms with Gasteiger partial charge in [-0.15, -0.1) is 6.42 Å². The average molecular weight is 532 g/mol. The highest BCUT2D eigenvalue weighted by Crippen LogP contribution is 2.59. The number of carbonyl (C=O) groups is 1. The summed E-state index contributed by atoms with van der Waals surface area (Å²) in [5.74, 6) is 3.24. The first-order valence-corrected chi connectivity index (χ1v) is 12.6. The fraction of sp³-hybridized carbons (Fsp3) is 0.367. The predicted octanol–water partition coefficient (Wildman–Crippen LogP) is 3.36. The molecule has 9 heteroatoms. The molecule has 0 fully saturated rings. The van der Waals surface area contributed by atoms with Gasteiger partial charge in [0.2, 0.25) is 5.75 Å². The lowest BCUT2D eigenvalue weighted by Gasteiger charge is -2.38. The summed E-state index contributed by atoms with van der Waals surface area (Å²) >= 11 is 0. The van der Waals surface area contributed by atoms with Gasteiger partial charge in [0.15, 0.2) is 23.0 Å². The molecule has 4 atom stereocenters. The quantitative estimate of drug-likeness (QED) is 0.460. The highest BCUT2D eigenvalue weighted by atomic mass is 16.6. The molecule has 6 rings (SSSR count). The van der Waals surface area contributed by atoms with Crippen LogP contribution in [0, 0.1) is 18.3 Å². The van der Waals surface area contributed by atoms with Crippen LogP contribution >= 0.6 is 0 Å². The minimum atomic E-state index is -0.811. The Bertz CT molecular complexity index is 1500. The SMILES string of the molecule is C#CC1C(OC)=C(OC)C2=C3C1Oc1c(OC)c(O)c(-c4cccc(OC)c4)c4c1C(C3OC2=O)N(C)CC4. The minimum absolute atomic E-state index is 0.0470. The Morgan fingerprint density at radius 1 is 1.08 bits per heavy atom. The Balaban J connectivity index is 1.68. The zero-order valence-electron chi connectivity index (χ0n) is 22.4. The van der Waals surface area contributed by atoms with Crippen molar-refractivity contribution in [3.8, 4) is 46.5 Å². The molecule has 0 bridgehead atoms. The van der Waals surface area contributed by atoms with E-state index in [4.69, 9.17) is 34.8 Å². The maximum absolute atomic E-state index is 13.4. The summed E-state index contributed by atoms with van der Waals surface area (Å²) in [7, 11) is 8.00. The zero-order valence-corrected chi connectivity index (χ0v) is 22.4. The molecule has 0 saturated carbocycles. The number of benzene rings is 2. The lowest BCUT2D eigenvalue weighted by atomic mass is 9.78. The summed E-state index contributed by atoms with van der Waals surface area (Å²) in [5, 5.41) is 11.7. The van der Waals surface area contributed by atoms with Crippen molar-refractivity contribution >= 4 is 5.97 Å². The topological polar surface area (TPSA) is 95.9 Å². The van der Waals surface area contributed by atoms with Gasteiger partial charge in [0, 0.05) is 23.2 Å². The summed E-state index contributed by atoms with van der Waals surface area (Å²) in [5.41, 5.74) is 3.92. The number of ether oxygens (including phenoxy) is 6. The maximum Gasteiger partial charge on any atom is 0.342 e. The van der Waals surface area contributed by atoms with Crippen LogP contribution in [-0.2, 0) is 25.4 Å². The fourth-order valence-electron chi connectivity index (χ4n) is 6.44. The summed E-state index contributed by atoms with van der Waals surface area (Å²) in [6, 6.07) is 7.07. The van der Waals surface area contributed by atoms with Gasteiger partial charge < -0.3 is 33.5 Å². The van der Waals surface area contributed by atoms with E-state index in [1.807, 2.05) is 31.3 Å². The molecule has 2 aromatic carbocycles. The molecule has 4 aliphatic rings. The fourth-order valence-corrected chi connectivity index (χ4v) is 6.44. The molecule has 0 radical (unpaired) electrons. The summed E-state index contributed by atoms with van der Waals surface area (Å²) < 4.78 is 35.4. The molecule has 3 aliphatic heterocycles. The zero-order chi connectivity index (χ0) is 27.6. The van der Waals surface area contributed by atoms with Gasteiger partial charge in [-0.05, 0) is 36.7 Å². The van der Waals surface area contributed by atoms with Gasteiger partial charge in [-0.1, -0.05) is 18.1 Å². The second kappa shape index (κ2) is 9.17. The van der Waals surface area contributed by atoms with Crippen LogP contribution in [0.15, 0.2) is 46.9 Å². The second-order valence-electron chi connectivity index (χ2n) is 9.83. The van der Waals surface area contributed by atoms with Crippen molar-refractivity contribution in [3.05, 3.63) is 58.1 Å². The first-order chi connectivity index (χ1) is 18.9. The lowest BCUT2D eigenvalue weighted by molar-refractivity contribution is -0.142. The Labute approximate surface area is 226 Å². The number of aromatic hydroxyl groups is 1. The summed E-state index contributed by atoms with van der Waals surface area (Å²) in [6.07, 6.45) is 5.13. The van der Waals surface area contributed by atoms with E-state index >= 15 is 0 Å². The largest absolute Gasteiger partial charge is 0.504 e. The van der Waals surface area contributed by atoms with E-state index in [2.05, 4.69) is 10.8 Å². The molecule has 4 unspecified atom stereocenters. The first-order valence-electron chi connectivity index (χ1n) is 12.6. The summed E-state index contributed by atoms with van der Waals surface area (Å²) in [6.45, 7) is 0.649. The van der Waals surface area contributed by atoms with Crippen molar-refractivity contribution < 1.29 is 38.3 Å². The minimum Gasteiger partial charge on any atom is -0.504 e. The van der Waals surface area contributed by atoms with E-state index in [9.17, 15) is 9.90 Å². The standard InChI is InChI=1S/C30H29NO8/c1-7-16-24-20-21(27(36-5)25(16)35-4)30(33)39-26(20)22-19-17(11-12-31(22)2)18(14-9-8-10-15(13-14)34-3)23(32)29(37-6)28(19)38-24/h1,8-10,13,16,22,24,26,32H,11-12H2,2-6H3. The number of rotatable bonds is 5. The van der Waals surface area contributed by atoms with Crippen LogP contribution in [0.2, 0.25) is 0 Å². The summed E-state index contributed by atoms with van der Waals surface area (Å²) in [4.78, 5) is 15.5. The third-order valence-corrected chi connectivity index (χ3v) is 8.09. The third kappa shape index (κ3) is 3.34. The van der Waals surface area contributed by atoms with Crippen molar-refractivity contribution in [1.82, 2.24) is 4.90 Å². The Morgan fingerprint density at radius 2 is 1.87 bits per heavy atom. The lowest BCUT2D eigenvalue weighted by Crippen LogP contribution is -2.42. The van der Waals surface area contributed by atoms with E-state index in [0.717, 1.165) is 16.7 Å². The van der Waals surface area contributed by atoms with E-state index in [1.165, 1.54) is 21.3 Å². The van der Waals surface area contributed by atoms with Crippen LogP contribution in [0.5, 0.6) is 23.0 Å². The van der Waals surface area contributed by atoms with Crippen LogP contribution in [0.1, 0.15) is 17.2 Å². The van der Waals surface area contributed by atoms with E-state index in [1.54, 1.807) is 7.11 Å². The Hall–Kier alpha value is -4.29. The van der Waals surface area contributed by atoms with Crippen LogP contribution in [0.3, 0.4) is 0 Å². The third-order valence-electron chi connectivity index (χ3n) is 8.09.